The molecule has 0 bridgehead atoms. The molecule has 1 atom stereocenters. The summed E-state index contributed by atoms with van der Waals surface area (Å²) in [5, 5.41) is 0. The zero-order chi connectivity index (χ0) is 16.2. The van der Waals surface area contributed by atoms with Gasteiger partial charge in [0.2, 0.25) is 0 Å². The van der Waals surface area contributed by atoms with Crippen LogP contribution >= 0.6 is 0 Å². The SMILES string of the molecule is COCc1ccc(CC2CCCN2C(=O)OC(C)(C)C)cc1. The molecule has 1 unspecified atom stereocenters. The molecule has 1 saturated heterocycles. The summed E-state index contributed by atoms with van der Waals surface area (Å²) in [5.41, 5.74) is 1.98. The molecule has 22 heavy (non-hydrogen) atoms. The second-order valence-electron chi connectivity index (χ2n) is 6.92. The van der Waals surface area contributed by atoms with E-state index in [4.69, 9.17) is 9.47 Å². The number of carbonyl (C=O) groups is 1. The predicted octanol–water partition coefficient (Wildman–Crippen LogP) is 3.78. The number of amides is 1. The summed E-state index contributed by atoms with van der Waals surface area (Å²) in [4.78, 5) is 14.2. The second kappa shape index (κ2) is 7.14. The lowest BCUT2D eigenvalue weighted by Crippen LogP contribution is -2.40. The van der Waals surface area contributed by atoms with Crippen molar-refractivity contribution in [2.75, 3.05) is 13.7 Å². The summed E-state index contributed by atoms with van der Waals surface area (Å²) in [5.74, 6) is 0. The minimum Gasteiger partial charge on any atom is -0.444 e. The maximum Gasteiger partial charge on any atom is 0.410 e. The fourth-order valence-corrected chi connectivity index (χ4v) is 2.82. The van der Waals surface area contributed by atoms with Crippen molar-refractivity contribution in [2.45, 2.75) is 58.3 Å². The third-order valence-electron chi connectivity index (χ3n) is 3.81. The third kappa shape index (κ3) is 4.73. The van der Waals surface area contributed by atoms with Gasteiger partial charge in [-0.05, 0) is 51.2 Å². The molecule has 0 aromatic heterocycles. The van der Waals surface area contributed by atoms with Crippen LogP contribution in [0.2, 0.25) is 0 Å². The topological polar surface area (TPSA) is 38.8 Å². The molecule has 1 amide bonds. The molecular weight excluding hydrogens is 278 g/mol. The molecule has 122 valence electrons. The lowest BCUT2D eigenvalue weighted by molar-refractivity contribution is 0.0227. The van der Waals surface area contributed by atoms with E-state index in [0.717, 1.165) is 25.8 Å². The van der Waals surface area contributed by atoms with Crippen LogP contribution in [0.3, 0.4) is 0 Å². The number of hydrogen-bond donors (Lipinski definition) is 0. The first kappa shape index (κ1) is 16.8. The van der Waals surface area contributed by atoms with Crippen LogP contribution in [0.15, 0.2) is 24.3 Å². The van der Waals surface area contributed by atoms with Crippen LogP contribution in [0.25, 0.3) is 0 Å². The van der Waals surface area contributed by atoms with Gasteiger partial charge in [0.05, 0.1) is 6.61 Å². The molecular formula is C18H27NO3. The van der Waals surface area contributed by atoms with E-state index in [0.29, 0.717) is 6.61 Å². The lowest BCUT2D eigenvalue weighted by atomic mass is 10.0. The van der Waals surface area contributed by atoms with Gasteiger partial charge in [-0.3, -0.25) is 0 Å². The number of ether oxygens (including phenoxy) is 2. The summed E-state index contributed by atoms with van der Waals surface area (Å²) in [6.07, 6.45) is 2.78. The maximum absolute atomic E-state index is 12.3. The molecule has 1 aromatic rings. The minimum absolute atomic E-state index is 0.189. The highest BCUT2D eigenvalue weighted by molar-refractivity contribution is 5.69. The van der Waals surface area contributed by atoms with Crippen LogP contribution in [-0.4, -0.2) is 36.3 Å². The van der Waals surface area contributed by atoms with E-state index in [-0.39, 0.29) is 12.1 Å². The molecule has 0 aliphatic carbocycles. The summed E-state index contributed by atoms with van der Waals surface area (Å²) in [6.45, 7) is 7.15. The number of likely N-dealkylation sites (tertiary alicyclic amines) is 1. The van der Waals surface area contributed by atoms with Crippen molar-refractivity contribution >= 4 is 6.09 Å². The van der Waals surface area contributed by atoms with E-state index >= 15 is 0 Å². The van der Waals surface area contributed by atoms with Crippen LogP contribution in [0.5, 0.6) is 0 Å². The van der Waals surface area contributed by atoms with Gasteiger partial charge < -0.3 is 14.4 Å². The van der Waals surface area contributed by atoms with Gasteiger partial charge in [-0.2, -0.15) is 0 Å². The van der Waals surface area contributed by atoms with Crippen molar-refractivity contribution in [3.63, 3.8) is 0 Å². The zero-order valence-electron chi connectivity index (χ0n) is 14.1. The van der Waals surface area contributed by atoms with Crippen molar-refractivity contribution < 1.29 is 14.3 Å². The summed E-state index contributed by atoms with van der Waals surface area (Å²) < 4.78 is 10.6. The van der Waals surface area contributed by atoms with Crippen molar-refractivity contribution in [3.05, 3.63) is 35.4 Å². The maximum atomic E-state index is 12.3. The quantitative estimate of drug-likeness (QED) is 0.850. The molecule has 0 spiro atoms. The van der Waals surface area contributed by atoms with Crippen molar-refractivity contribution in [1.82, 2.24) is 4.90 Å². The van der Waals surface area contributed by atoms with Crippen LogP contribution in [0.1, 0.15) is 44.7 Å². The Morgan fingerprint density at radius 2 is 1.86 bits per heavy atom. The Morgan fingerprint density at radius 1 is 1.23 bits per heavy atom. The van der Waals surface area contributed by atoms with E-state index < -0.39 is 5.60 Å². The lowest BCUT2D eigenvalue weighted by Gasteiger charge is -2.28. The molecule has 4 heteroatoms. The number of carbonyl (C=O) groups excluding carboxylic acids is 1. The first-order valence-electron chi connectivity index (χ1n) is 7.95. The molecule has 1 heterocycles. The summed E-state index contributed by atoms with van der Waals surface area (Å²) in [7, 11) is 1.70. The number of methoxy groups -OCH3 is 1. The van der Waals surface area contributed by atoms with E-state index in [1.807, 2.05) is 25.7 Å². The van der Waals surface area contributed by atoms with E-state index in [1.54, 1.807) is 7.11 Å². The number of hydrogen-bond acceptors (Lipinski definition) is 3. The number of benzene rings is 1. The molecule has 2 rings (SSSR count). The largest absolute Gasteiger partial charge is 0.444 e. The minimum atomic E-state index is -0.438. The van der Waals surface area contributed by atoms with Gasteiger partial charge in [-0.15, -0.1) is 0 Å². The van der Waals surface area contributed by atoms with Gasteiger partial charge in [0.25, 0.3) is 0 Å². The van der Waals surface area contributed by atoms with E-state index in [1.165, 1.54) is 11.1 Å². The predicted molar refractivity (Wildman–Crippen MR) is 86.8 cm³/mol. The highest BCUT2D eigenvalue weighted by atomic mass is 16.6. The van der Waals surface area contributed by atoms with Gasteiger partial charge in [0.1, 0.15) is 5.60 Å². The molecule has 4 nitrogen and oxygen atoms in total. The van der Waals surface area contributed by atoms with Gasteiger partial charge in [-0.1, -0.05) is 24.3 Å². The fraction of sp³-hybridized carbons (Fsp3) is 0.611. The number of rotatable bonds is 4. The van der Waals surface area contributed by atoms with Crippen molar-refractivity contribution in [1.29, 1.82) is 0 Å². The molecule has 1 aliphatic heterocycles. The molecule has 1 aliphatic rings. The third-order valence-corrected chi connectivity index (χ3v) is 3.81. The van der Waals surface area contributed by atoms with Crippen LogP contribution < -0.4 is 0 Å². The first-order valence-corrected chi connectivity index (χ1v) is 7.95. The molecule has 0 radical (unpaired) electrons. The Morgan fingerprint density at radius 3 is 2.45 bits per heavy atom. The molecule has 1 aromatic carbocycles. The smallest absolute Gasteiger partial charge is 0.410 e. The average molecular weight is 305 g/mol. The van der Waals surface area contributed by atoms with Gasteiger partial charge in [-0.25, -0.2) is 4.79 Å². The zero-order valence-corrected chi connectivity index (χ0v) is 14.1. The van der Waals surface area contributed by atoms with Gasteiger partial charge >= 0.3 is 6.09 Å². The Labute approximate surface area is 133 Å². The van der Waals surface area contributed by atoms with Gasteiger partial charge in [0.15, 0.2) is 0 Å². The number of nitrogens with zero attached hydrogens (tertiary/aromatic N) is 1. The highest BCUT2D eigenvalue weighted by Gasteiger charge is 2.32. The fourth-order valence-electron chi connectivity index (χ4n) is 2.82. The Balaban J connectivity index is 1.97. The van der Waals surface area contributed by atoms with E-state index in [9.17, 15) is 4.79 Å². The Bertz CT molecular complexity index is 490. The van der Waals surface area contributed by atoms with Crippen molar-refractivity contribution in [2.24, 2.45) is 0 Å². The molecule has 1 fully saturated rings. The van der Waals surface area contributed by atoms with Crippen LogP contribution in [0, 0.1) is 0 Å². The van der Waals surface area contributed by atoms with Crippen molar-refractivity contribution in [3.8, 4) is 0 Å². The monoisotopic (exact) mass is 305 g/mol. The second-order valence-corrected chi connectivity index (χ2v) is 6.92. The van der Waals surface area contributed by atoms with E-state index in [2.05, 4.69) is 24.3 Å². The van der Waals surface area contributed by atoms with Crippen LogP contribution in [0.4, 0.5) is 4.79 Å². The first-order chi connectivity index (χ1) is 10.4. The molecule has 0 N–H and O–H groups in total. The Hall–Kier alpha value is -1.55. The molecule has 0 saturated carbocycles. The summed E-state index contributed by atoms with van der Waals surface area (Å²) >= 11 is 0. The average Bonchev–Trinajstić information content (AvgIpc) is 2.88. The normalized spacial score (nSPS) is 18.5. The highest BCUT2D eigenvalue weighted by Crippen LogP contribution is 2.24. The summed E-state index contributed by atoms with van der Waals surface area (Å²) in [6, 6.07) is 8.67. The standard InChI is InChI=1S/C18H27NO3/c1-18(2,3)22-17(20)19-11-5-6-16(19)12-14-7-9-15(10-8-14)13-21-4/h7-10,16H,5-6,11-13H2,1-4H3. The van der Waals surface area contributed by atoms with Crippen LogP contribution in [-0.2, 0) is 22.5 Å². The van der Waals surface area contributed by atoms with Gasteiger partial charge in [0, 0.05) is 19.7 Å². The Kier molecular flexibility index (Phi) is 5.46.